The minimum atomic E-state index is -0.00521. The van der Waals surface area contributed by atoms with Crippen LogP contribution in [0.25, 0.3) is 0 Å². The highest BCUT2D eigenvalue weighted by atomic mass is 16.3. The van der Waals surface area contributed by atoms with E-state index in [4.69, 9.17) is 0 Å². The van der Waals surface area contributed by atoms with Crippen LogP contribution in [0.4, 0.5) is 5.82 Å². The predicted octanol–water partition coefficient (Wildman–Crippen LogP) is 2.04. The molecule has 0 aliphatic carbocycles. The molecule has 102 valence electrons. The van der Waals surface area contributed by atoms with Crippen LogP contribution in [0.1, 0.15) is 24.5 Å². The lowest BCUT2D eigenvalue weighted by Crippen LogP contribution is -2.23. The van der Waals surface area contributed by atoms with E-state index in [2.05, 4.69) is 9.98 Å². The van der Waals surface area contributed by atoms with Crippen molar-refractivity contribution >= 4 is 11.5 Å². The Labute approximate surface area is 116 Å². The summed E-state index contributed by atoms with van der Waals surface area (Å²) in [5.74, 6) is 0.735. The van der Waals surface area contributed by atoms with Crippen LogP contribution in [-0.2, 0) is 13.0 Å². The second-order valence-corrected chi connectivity index (χ2v) is 4.83. The summed E-state index contributed by atoms with van der Waals surface area (Å²) in [4.78, 5) is 21.0. The van der Waals surface area contributed by atoms with Crippen LogP contribution in [0.5, 0.6) is 5.75 Å². The number of phenolic OH excluding ortho intramolecular Hbond substituents is 1. The fourth-order valence-corrected chi connectivity index (χ4v) is 2.33. The van der Waals surface area contributed by atoms with E-state index in [9.17, 15) is 9.90 Å². The minimum absolute atomic E-state index is 0.00521. The topological polar surface area (TPSA) is 67.5 Å². The van der Waals surface area contributed by atoms with Crippen molar-refractivity contribution < 1.29 is 5.11 Å². The van der Waals surface area contributed by atoms with Crippen LogP contribution in [0.3, 0.4) is 0 Å². The Kier molecular flexibility index (Phi) is 3.10. The van der Waals surface area contributed by atoms with Gasteiger partial charge in [-0.05, 0) is 36.2 Å². The van der Waals surface area contributed by atoms with Crippen molar-refractivity contribution in [3.05, 3.63) is 52.1 Å². The van der Waals surface area contributed by atoms with E-state index < -0.39 is 0 Å². The molecule has 2 heterocycles. The standard InChI is InChI=1S/C15H15N3O2/c1-2-7-18-9-16-14-12(15(18)20)8-13(17-14)10-3-5-11(19)6-4-10/h3-6,9,19H,2,7-8H2,1H3. The summed E-state index contributed by atoms with van der Waals surface area (Å²) < 4.78 is 1.63. The average Bonchev–Trinajstić information content (AvgIpc) is 2.88. The van der Waals surface area contributed by atoms with Crippen LogP contribution < -0.4 is 5.56 Å². The lowest BCUT2D eigenvalue weighted by molar-refractivity contribution is 0.475. The van der Waals surface area contributed by atoms with Crippen LogP contribution in [0, 0.1) is 0 Å². The summed E-state index contributed by atoms with van der Waals surface area (Å²) in [6.45, 7) is 2.70. The number of nitrogens with zero attached hydrogens (tertiary/aromatic N) is 3. The molecule has 0 amide bonds. The van der Waals surface area contributed by atoms with Gasteiger partial charge in [0.15, 0.2) is 5.82 Å². The van der Waals surface area contributed by atoms with E-state index in [1.807, 2.05) is 6.92 Å². The van der Waals surface area contributed by atoms with E-state index in [-0.39, 0.29) is 11.3 Å². The fraction of sp³-hybridized carbons (Fsp3) is 0.267. The normalized spacial score (nSPS) is 13.2. The first-order valence-corrected chi connectivity index (χ1v) is 6.64. The van der Waals surface area contributed by atoms with Crippen LogP contribution >= 0.6 is 0 Å². The Morgan fingerprint density at radius 2 is 2.05 bits per heavy atom. The molecule has 0 saturated heterocycles. The van der Waals surface area contributed by atoms with Crippen molar-refractivity contribution in [2.75, 3.05) is 0 Å². The Bertz CT molecular complexity index is 730. The highest BCUT2D eigenvalue weighted by Crippen LogP contribution is 2.24. The first-order valence-electron chi connectivity index (χ1n) is 6.64. The molecular weight excluding hydrogens is 254 g/mol. The van der Waals surface area contributed by atoms with E-state index in [1.165, 1.54) is 0 Å². The predicted molar refractivity (Wildman–Crippen MR) is 76.8 cm³/mol. The Morgan fingerprint density at radius 3 is 2.75 bits per heavy atom. The number of phenols is 1. The van der Waals surface area contributed by atoms with Gasteiger partial charge < -0.3 is 5.11 Å². The largest absolute Gasteiger partial charge is 0.508 e. The van der Waals surface area contributed by atoms with Gasteiger partial charge in [-0.1, -0.05) is 6.92 Å². The minimum Gasteiger partial charge on any atom is -0.508 e. The fourth-order valence-electron chi connectivity index (χ4n) is 2.33. The van der Waals surface area contributed by atoms with Crippen molar-refractivity contribution in [1.29, 1.82) is 0 Å². The lowest BCUT2D eigenvalue weighted by Gasteiger charge is -2.04. The summed E-state index contributed by atoms with van der Waals surface area (Å²) in [5.41, 5.74) is 2.37. The zero-order valence-corrected chi connectivity index (χ0v) is 11.2. The van der Waals surface area contributed by atoms with Crippen LogP contribution in [0.15, 0.2) is 40.4 Å². The summed E-state index contributed by atoms with van der Waals surface area (Å²) in [6, 6.07) is 6.82. The lowest BCUT2D eigenvalue weighted by atomic mass is 10.1. The summed E-state index contributed by atoms with van der Waals surface area (Å²) in [6.07, 6.45) is 2.95. The molecule has 1 aromatic heterocycles. The highest BCUT2D eigenvalue weighted by molar-refractivity contribution is 6.06. The maximum atomic E-state index is 12.3. The number of benzene rings is 1. The number of rotatable bonds is 3. The van der Waals surface area contributed by atoms with Gasteiger partial charge in [0.25, 0.3) is 5.56 Å². The molecule has 0 fully saturated rings. The zero-order chi connectivity index (χ0) is 14.1. The molecule has 0 unspecified atom stereocenters. The Morgan fingerprint density at radius 1 is 1.30 bits per heavy atom. The van der Waals surface area contributed by atoms with Gasteiger partial charge in [-0.15, -0.1) is 0 Å². The third-order valence-electron chi connectivity index (χ3n) is 3.36. The summed E-state index contributed by atoms with van der Waals surface area (Å²) in [5, 5.41) is 9.31. The Hall–Kier alpha value is -2.43. The summed E-state index contributed by atoms with van der Waals surface area (Å²) >= 11 is 0. The van der Waals surface area contributed by atoms with Gasteiger partial charge >= 0.3 is 0 Å². The molecule has 20 heavy (non-hydrogen) atoms. The maximum absolute atomic E-state index is 12.3. The second-order valence-electron chi connectivity index (χ2n) is 4.83. The maximum Gasteiger partial charge on any atom is 0.259 e. The molecule has 0 radical (unpaired) electrons. The molecule has 5 nitrogen and oxygen atoms in total. The molecule has 1 N–H and O–H groups in total. The van der Waals surface area contributed by atoms with Gasteiger partial charge in [-0.2, -0.15) is 0 Å². The van der Waals surface area contributed by atoms with E-state index in [1.54, 1.807) is 35.2 Å². The number of hydrogen-bond acceptors (Lipinski definition) is 4. The average molecular weight is 269 g/mol. The first-order chi connectivity index (χ1) is 9.69. The smallest absolute Gasteiger partial charge is 0.259 e. The van der Waals surface area contributed by atoms with Gasteiger partial charge in [0.05, 0.1) is 17.6 Å². The molecule has 2 aromatic rings. The van der Waals surface area contributed by atoms with Gasteiger partial charge in [0, 0.05) is 13.0 Å². The molecule has 0 bridgehead atoms. The molecule has 1 aliphatic rings. The second kappa shape index (κ2) is 4.92. The first kappa shape index (κ1) is 12.6. The molecule has 5 heteroatoms. The van der Waals surface area contributed by atoms with Crippen molar-refractivity contribution in [2.24, 2.45) is 4.99 Å². The van der Waals surface area contributed by atoms with E-state index in [0.717, 1.165) is 17.7 Å². The Balaban J connectivity index is 1.96. The SMILES string of the molecule is CCCn1cnc2c(c1=O)CC(c1ccc(O)cc1)=N2. The monoisotopic (exact) mass is 269 g/mol. The molecule has 0 saturated carbocycles. The van der Waals surface area contributed by atoms with Crippen molar-refractivity contribution in [1.82, 2.24) is 9.55 Å². The van der Waals surface area contributed by atoms with Gasteiger partial charge in [-0.25, -0.2) is 9.98 Å². The molecule has 1 aromatic carbocycles. The van der Waals surface area contributed by atoms with E-state index >= 15 is 0 Å². The third-order valence-corrected chi connectivity index (χ3v) is 3.36. The van der Waals surface area contributed by atoms with Gasteiger partial charge in [0.1, 0.15) is 5.75 Å². The highest BCUT2D eigenvalue weighted by Gasteiger charge is 2.21. The van der Waals surface area contributed by atoms with Crippen molar-refractivity contribution in [2.45, 2.75) is 26.3 Å². The number of aromatic hydroxyl groups is 1. The number of fused-ring (bicyclic) bond motifs is 1. The van der Waals surface area contributed by atoms with Crippen molar-refractivity contribution in [3.63, 3.8) is 0 Å². The van der Waals surface area contributed by atoms with E-state index in [0.29, 0.717) is 24.3 Å². The van der Waals surface area contributed by atoms with Gasteiger partial charge in [0.2, 0.25) is 0 Å². The quantitative estimate of drug-likeness (QED) is 0.927. The van der Waals surface area contributed by atoms with Crippen molar-refractivity contribution in [3.8, 4) is 5.75 Å². The van der Waals surface area contributed by atoms with Gasteiger partial charge in [-0.3, -0.25) is 9.36 Å². The summed E-state index contributed by atoms with van der Waals surface area (Å²) in [7, 11) is 0. The number of aliphatic imine (C=N–C) groups is 1. The number of aromatic nitrogens is 2. The van der Waals surface area contributed by atoms with Crippen LogP contribution in [-0.4, -0.2) is 20.4 Å². The molecular formula is C15H15N3O2. The number of aryl methyl sites for hydroxylation is 1. The molecule has 3 rings (SSSR count). The van der Waals surface area contributed by atoms with Crippen LogP contribution in [0.2, 0.25) is 0 Å². The molecule has 1 aliphatic heterocycles. The number of hydrogen-bond donors (Lipinski definition) is 1. The zero-order valence-electron chi connectivity index (χ0n) is 11.2. The molecule has 0 spiro atoms. The third kappa shape index (κ3) is 2.11. The molecule has 0 atom stereocenters.